The first-order valence-corrected chi connectivity index (χ1v) is 13.7. The van der Waals surface area contributed by atoms with Crippen LogP contribution >= 0.6 is 34.8 Å². The van der Waals surface area contributed by atoms with Gasteiger partial charge in [0.05, 0.1) is 6.04 Å². The van der Waals surface area contributed by atoms with Gasteiger partial charge in [-0.05, 0) is 22.3 Å². The molecule has 1 amide bonds. The summed E-state index contributed by atoms with van der Waals surface area (Å²) < 4.78 is 5.09. The van der Waals surface area contributed by atoms with Gasteiger partial charge in [-0.15, -0.1) is 6.58 Å². The molecule has 174 valence electrons. The van der Waals surface area contributed by atoms with Crippen LogP contribution in [0.15, 0.2) is 73.3 Å². The van der Waals surface area contributed by atoms with E-state index < -0.39 is 24.1 Å². The Morgan fingerprint density at radius 2 is 1.41 bits per heavy atom. The number of halogens is 3. The molecule has 2 aromatic rings. The molecule has 0 spiro atoms. The summed E-state index contributed by atoms with van der Waals surface area (Å²) in [5, 5.41) is 5.00. The van der Waals surface area contributed by atoms with E-state index >= 15 is 0 Å². The van der Waals surface area contributed by atoms with Crippen LogP contribution in [0, 0.1) is 5.92 Å². The van der Waals surface area contributed by atoms with Crippen LogP contribution < -0.4 is 15.7 Å². The summed E-state index contributed by atoms with van der Waals surface area (Å²) in [4.78, 5) is 12.3. The smallest absolute Gasteiger partial charge is 0.272 e. The zero-order valence-electron chi connectivity index (χ0n) is 19.2. The fourth-order valence-electron chi connectivity index (χ4n) is 4.01. The van der Waals surface area contributed by atoms with Gasteiger partial charge in [0, 0.05) is 12.0 Å². The number of alkyl halides is 3. The Bertz CT molecular complexity index is 855. The van der Waals surface area contributed by atoms with Crippen molar-refractivity contribution in [1.82, 2.24) is 5.32 Å². The lowest BCUT2D eigenvalue weighted by atomic mass is 9.97. The van der Waals surface area contributed by atoms with E-state index in [1.54, 1.807) is 6.08 Å². The average Bonchev–Trinajstić information content (AvgIpc) is 2.74. The van der Waals surface area contributed by atoms with Gasteiger partial charge in [-0.25, -0.2) is 0 Å². The molecule has 0 saturated carbocycles. The molecular formula is C25H32Cl3NO2Si. The standard InChI is InChI=1S/C25H32Cl3NO2Si/c1-7-22(29-23(30)25(26,27)28)18(2)19(3)31-32(24(4,5)6,20-14-10-8-11-15-20)21-16-12-9-13-17-21/h7-19,22H,1H2,2-6H3,(H,29,30)/t18-,19-,22-/m1/s1. The second-order valence-corrected chi connectivity index (χ2v) is 15.6. The summed E-state index contributed by atoms with van der Waals surface area (Å²) in [5.41, 5.74) is 0. The van der Waals surface area contributed by atoms with Crippen LogP contribution in [0.1, 0.15) is 34.6 Å². The van der Waals surface area contributed by atoms with E-state index in [2.05, 4.69) is 81.2 Å². The van der Waals surface area contributed by atoms with E-state index in [0.717, 1.165) is 0 Å². The molecule has 7 heteroatoms. The Balaban J connectivity index is 2.50. The number of carbonyl (C=O) groups is 1. The molecule has 3 nitrogen and oxygen atoms in total. The molecule has 0 aromatic heterocycles. The SMILES string of the molecule is C=C[C@@H](NC(=O)C(Cl)(Cl)Cl)[C@H](C)[C@@H](C)O[Si](c1ccccc1)(c1ccccc1)C(C)(C)C. The number of hydrogen-bond donors (Lipinski definition) is 1. The number of amides is 1. The first-order valence-electron chi connectivity index (χ1n) is 10.6. The minimum atomic E-state index is -2.74. The van der Waals surface area contributed by atoms with Gasteiger partial charge in [0.2, 0.25) is 0 Å². The number of hydrogen-bond acceptors (Lipinski definition) is 2. The largest absolute Gasteiger partial charge is 0.404 e. The third kappa shape index (κ3) is 5.98. The molecule has 3 atom stereocenters. The number of rotatable bonds is 8. The van der Waals surface area contributed by atoms with E-state index in [0.29, 0.717) is 0 Å². The van der Waals surface area contributed by atoms with Crippen molar-refractivity contribution in [3.63, 3.8) is 0 Å². The van der Waals surface area contributed by atoms with Crippen LogP contribution in [-0.2, 0) is 9.22 Å². The molecule has 0 aliphatic heterocycles. The lowest BCUT2D eigenvalue weighted by Gasteiger charge is -2.46. The van der Waals surface area contributed by atoms with Gasteiger partial charge in [-0.2, -0.15) is 0 Å². The monoisotopic (exact) mass is 511 g/mol. The van der Waals surface area contributed by atoms with Crippen LogP contribution in [0.2, 0.25) is 5.04 Å². The summed E-state index contributed by atoms with van der Waals surface area (Å²) in [5.74, 6) is -0.803. The highest BCUT2D eigenvalue weighted by Crippen LogP contribution is 2.38. The summed E-state index contributed by atoms with van der Waals surface area (Å²) in [6.45, 7) is 14.6. The highest BCUT2D eigenvalue weighted by atomic mass is 35.6. The van der Waals surface area contributed by atoms with Crippen molar-refractivity contribution in [1.29, 1.82) is 0 Å². The Hall–Kier alpha value is -1.30. The Labute approximate surface area is 208 Å². The molecule has 32 heavy (non-hydrogen) atoms. The fourth-order valence-corrected chi connectivity index (χ4v) is 8.96. The predicted molar refractivity (Wildman–Crippen MR) is 140 cm³/mol. The normalized spacial score (nSPS) is 15.5. The van der Waals surface area contributed by atoms with E-state index in [9.17, 15) is 4.79 Å². The van der Waals surface area contributed by atoms with Crippen molar-refractivity contribution < 1.29 is 9.22 Å². The Kier molecular flexibility index (Phi) is 9.05. The topological polar surface area (TPSA) is 38.3 Å². The molecule has 2 aromatic carbocycles. The highest BCUT2D eigenvalue weighted by molar-refractivity contribution is 6.99. The number of benzene rings is 2. The van der Waals surface area contributed by atoms with Crippen molar-refractivity contribution in [2.75, 3.05) is 0 Å². The lowest BCUT2D eigenvalue weighted by Crippen LogP contribution is -2.68. The molecule has 0 saturated heterocycles. The molecule has 0 heterocycles. The van der Waals surface area contributed by atoms with Gasteiger partial charge < -0.3 is 9.74 Å². The van der Waals surface area contributed by atoms with Gasteiger partial charge in [-0.3, -0.25) is 4.79 Å². The maximum Gasteiger partial charge on any atom is 0.272 e. The second kappa shape index (κ2) is 10.7. The van der Waals surface area contributed by atoms with Gasteiger partial charge in [0.15, 0.2) is 0 Å². The van der Waals surface area contributed by atoms with Gasteiger partial charge in [0.1, 0.15) is 0 Å². The van der Waals surface area contributed by atoms with E-state index in [1.807, 2.05) is 26.0 Å². The first-order chi connectivity index (χ1) is 14.8. The molecule has 0 bridgehead atoms. The van der Waals surface area contributed by atoms with Gasteiger partial charge >= 0.3 is 0 Å². The van der Waals surface area contributed by atoms with Crippen molar-refractivity contribution in [3.05, 3.63) is 73.3 Å². The van der Waals surface area contributed by atoms with E-state index in [1.165, 1.54) is 10.4 Å². The predicted octanol–water partition coefficient (Wildman–Crippen LogP) is 5.63. The third-order valence-corrected chi connectivity index (χ3v) is 11.5. The van der Waals surface area contributed by atoms with Crippen molar-refractivity contribution in [3.8, 4) is 0 Å². The van der Waals surface area contributed by atoms with Crippen LogP contribution in [0.25, 0.3) is 0 Å². The quantitative estimate of drug-likeness (QED) is 0.283. The first kappa shape index (κ1) is 26.9. The fraction of sp³-hybridized carbons (Fsp3) is 0.400. The van der Waals surface area contributed by atoms with Crippen LogP contribution in [0.5, 0.6) is 0 Å². The van der Waals surface area contributed by atoms with Crippen molar-refractivity contribution >= 4 is 59.4 Å². The van der Waals surface area contributed by atoms with Crippen LogP contribution in [0.3, 0.4) is 0 Å². The number of carbonyl (C=O) groups excluding carboxylic acids is 1. The van der Waals surface area contributed by atoms with Crippen LogP contribution in [-0.4, -0.2) is 30.2 Å². The average molecular weight is 513 g/mol. The maximum atomic E-state index is 12.3. The summed E-state index contributed by atoms with van der Waals surface area (Å²) in [6.07, 6.45) is 1.43. The Morgan fingerprint density at radius 1 is 0.969 bits per heavy atom. The van der Waals surface area contributed by atoms with E-state index in [-0.39, 0.29) is 17.1 Å². The van der Waals surface area contributed by atoms with Crippen molar-refractivity contribution in [2.24, 2.45) is 5.92 Å². The summed E-state index contributed by atoms with van der Waals surface area (Å²) >= 11 is 17.3. The summed E-state index contributed by atoms with van der Waals surface area (Å²) in [7, 11) is -2.74. The third-order valence-electron chi connectivity index (χ3n) is 5.90. The highest BCUT2D eigenvalue weighted by Gasteiger charge is 2.51. The Morgan fingerprint density at radius 3 is 1.75 bits per heavy atom. The molecular weight excluding hydrogens is 481 g/mol. The maximum absolute atomic E-state index is 12.3. The zero-order valence-corrected chi connectivity index (χ0v) is 22.5. The minimum Gasteiger partial charge on any atom is -0.404 e. The molecule has 0 radical (unpaired) electrons. The van der Waals surface area contributed by atoms with Gasteiger partial charge in [0.25, 0.3) is 18.0 Å². The zero-order chi connectivity index (χ0) is 24.2. The molecule has 0 aliphatic rings. The van der Waals surface area contributed by atoms with E-state index in [4.69, 9.17) is 39.2 Å². The molecule has 0 aliphatic carbocycles. The molecule has 0 unspecified atom stereocenters. The molecule has 2 rings (SSSR count). The minimum absolute atomic E-state index is 0.120. The second-order valence-electron chi connectivity index (χ2n) is 9.08. The molecule has 0 fully saturated rings. The lowest BCUT2D eigenvalue weighted by molar-refractivity contribution is -0.121. The van der Waals surface area contributed by atoms with Crippen molar-refractivity contribution in [2.45, 2.75) is 55.6 Å². The van der Waals surface area contributed by atoms with Gasteiger partial charge in [-0.1, -0.05) is 129 Å². The molecule has 1 N–H and O–H groups in total. The van der Waals surface area contributed by atoms with Crippen LogP contribution in [0.4, 0.5) is 0 Å². The number of nitrogens with one attached hydrogen (secondary N) is 1. The summed E-state index contributed by atoms with van der Waals surface area (Å²) in [6, 6.07) is 20.4.